The maximum atomic E-state index is 12.1. The lowest BCUT2D eigenvalue weighted by Crippen LogP contribution is -2.22. The molecule has 0 aliphatic rings. The number of rotatable bonds is 4. The summed E-state index contributed by atoms with van der Waals surface area (Å²) >= 11 is 0. The quantitative estimate of drug-likeness (QED) is 0.605. The molecule has 0 atom stereocenters. The van der Waals surface area contributed by atoms with E-state index in [0.29, 0.717) is 18.0 Å². The standard InChI is InChI=1S/C20H16N2O2/c23-20-16(8-6-12-21-20)14-22(17-9-2-1-3-10-17)19-13-15-7-4-5-11-18(15)24-19/h1-13H,14H2,(H,21,23). The second-order valence-corrected chi connectivity index (χ2v) is 5.57. The fraction of sp³-hybridized carbons (Fsp3) is 0.0500. The van der Waals surface area contributed by atoms with Gasteiger partial charge in [-0.2, -0.15) is 0 Å². The van der Waals surface area contributed by atoms with Crippen LogP contribution in [0.4, 0.5) is 11.6 Å². The van der Waals surface area contributed by atoms with Gasteiger partial charge in [-0.15, -0.1) is 0 Å². The van der Waals surface area contributed by atoms with Gasteiger partial charge in [-0.05, 0) is 24.3 Å². The highest BCUT2D eigenvalue weighted by Crippen LogP contribution is 2.32. The zero-order valence-electron chi connectivity index (χ0n) is 13.0. The first-order valence-corrected chi connectivity index (χ1v) is 7.79. The predicted molar refractivity (Wildman–Crippen MR) is 95.6 cm³/mol. The van der Waals surface area contributed by atoms with E-state index >= 15 is 0 Å². The van der Waals surface area contributed by atoms with Crippen LogP contribution in [0.25, 0.3) is 11.0 Å². The number of para-hydroxylation sites is 2. The van der Waals surface area contributed by atoms with Gasteiger partial charge in [-0.25, -0.2) is 0 Å². The van der Waals surface area contributed by atoms with E-state index < -0.39 is 0 Å². The molecule has 4 nitrogen and oxygen atoms in total. The second kappa shape index (κ2) is 6.08. The Kier molecular flexibility index (Phi) is 3.63. The molecule has 0 saturated carbocycles. The van der Waals surface area contributed by atoms with Crippen LogP contribution in [0, 0.1) is 0 Å². The summed E-state index contributed by atoms with van der Waals surface area (Å²) in [5.74, 6) is 0.714. The number of anilines is 2. The third-order valence-electron chi connectivity index (χ3n) is 3.97. The first-order valence-electron chi connectivity index (χ1n) is 7.79. The van der Waals surface area contributed by atoms with Crippen LogP contribution in [0.3, 0.4) is 0 Å². The van der Waals surface area contributed by atoms with Gasteiger partial charge in [0.25, 0.3) is 5.56 Å². The van der Waals surface area contributed by atoms with Crippen LogP contribution >= 0.6 is 0 Å². The Morgan fingerprint density at radius 2 is 1.71 bits per heavy atom. The molecule has 4 aromatic rings. The Morgan fingerprint density at radius 3 is 2.50 bits per heavy atom. The van der Waals surface area contributed by atoms with Crippen LogP contribution in [-0.4, -0.2) is 4.98 Å². The minimum absolute atomic E-state index is 0.0884. The Labute approximate surface area is 139 Å². The number of fused-ring (bicyclic) bond motifs is 1. The van der Waals surface area contributed by atoms with Gasteiger partial charge in [0.05, 0.1) is 6.54 Å². The van der Waals surface area contributed by atoms with Crippen molar-refractivity contribution < 1.29 is 4.42 Å². The lowest BCUT2D eigenvalue weighted by Gasteiger charge is -2.21. The van der Waals surface area contributed by atoms with Gasteiger partial charge in [0.1, 0.15) is 5.58 Å². The van der Waals surface area contributed by atoms with E-state index in [1.807, 2.05) is 77.7 Å². The molecule has 2 aromatic heterocycles. The van der Waals surface area contributed by atoms with E-state index in [1.165, 1.54) is 0 Å². The fourth-order valence-corrected chi connectivity index (χ4v) is 2.76. The summed E-state index contributed by atoms with van der Waals surface area (Å²) < 4.78 is 6.01. The molecular weight excluding hydrogens is 300 g/mol. The second-order valence-electron chi connectivity index (χ2n) is 5.57. The molecule has 4 heteroatoms. The average molecular weight is 316 g/mol. The van der Waals surface area contributed by atoms with Gasteiger partial charge < -0.3 is 14.3 Å². The molecule has 0 radical (unpaired) electrons. The van der Waals surface area contributed by atoms with E-state index in [9.17, 15) is 4.79 Å². The Bertz CT molecular complexity index is 985. The highest BCUT2D eigenvalue weighted by molar-refractivity contribution is 5.82. The van der Waals surface area contributed by atoms with Crippen LogP contribution in [0.15, 0.2) is 88.2 Å². The first kappa shape index (κ1) is 14.3. The number of pyridine rings is 1. The van der Waals surface area contributed by atoms with Gasteiger partial charge in [-0.3, -0.25) is 4.79 Å². The number of aromatic amines is 1. The molecule has 0 unspecified atom stereocenters. The third kappa shape index (κ3) is 2.70. The van der Waals surface area contributed by atoms with Crippen LogP contribution < -0.4 is 10.5 Å². The Balaban J connectivity index is 1.81. The molecule has 1 N–H and O–H groups in total. The summed E-state index contributed by atoms with van der Waals surface area (Å²) in [5.41, 5.74) is 2.39. The van der Waals surface area contributed by atoms with Crippen LogP contribution in [-0.2, 0) is 6.54 Å². The number of nitrogens with one attached hydrogen (secondary N) is 1. The van der Waals surface area contributed by atoms with Crippen molar-refractivity contribution in [2.75, 3.05) is 4.90 Å². The average Bonchev–Trinajstić information content (AvgIpc) is 3.05. The van der Waals surface area contributed by atoms with Crippen molar-refractivity contribution in [1.29, 1.82) is 0 Å². The number of furan rings is 1. The van der Waals surface area contributed by atoms with E-state index in [-0.39, 0.29) is 5.56 Å². The topological polar surface area (TPSA) is 49.2 Å². The summed E-state index contributed by atoms with van der Waals surface area (Å²) in [6.45, 7) is 0.431. The van der Waals surface area contributed by atoms with Crippen molar-refractivity contribution in [3.05, 3.63) is 94.9 Å². The van der Waals surface area contributed by atoms with Crippen molar-refractivity contribution in [2.45, 2.75) is 6.54 Å². The minimum Gasteiger partial charge on any atom is -0.440 e. The molecule has 0 aliphatic heterocycles. The number of aromatic nitrogens is 1. The fourth-order valence-electron chi connectivity index (χ4n) is 2.76. The Morgan fingerprint density at radius 1 is 0.917 bits per heavy atom. The monoisotopic (exact) mass is 316 g/mol. The maximum absolute atomic E-state index is 12.1. The molecular formula is C20H16N2O2. The lowest BCUT2D eigenvalue weighted by atomic mass is 10.2. The highest BCUT2D eigenvalue weighted by Gasteiger charge is 2.16. The SMILES string of the molecule is O=c1[nH]cccc1CN(c1ccccc1)c1cc2ccccc2o1. The maximum Gasteiger partial charge on any atom is 0.252 e. The van der Waals surface area contributed by atoms with Crippen molar-refractivity contribution >= 4 is 22.5 Å². The molecule has 0 saturated heterocycles. The largest absolute Gasteiger partial charge is 0.440 e. The predicted octanol–water partition coefficient (Wildman–Crippen LogP) is 4.46. The smallest absolute Gasteiger partial charge is 0.252 e. The molecule has 4 rings (SSSR count). The number of hydrogen-bond acceptors (Lipinski definition) is 3. The van der Waals surface area contributed by atoms with Crippen molar-refractivity contribution in [3.63, 3.8) is 0 Å². The lowest BCUT2D eigenvalue weighted by molar-refractivity contribution is 0.604. The molecule has 0 fully saturated rings. The van der Waals surface area contributed by atoms with Gasteiger partial charge in [0.2, 0.25) is 5.88 Å². The van der Waals surface area contributed by atoms with Gasteiger partial charge >= 0.3 is 0 Å². The van der Waals surface area contributed by atoms with E-state index in [0.717, 1.165) is 16.7 Å². The summed E-state index contributed by atoms with van der Waals surface area (Å²) in [6, 6.07) is 23.5. The van der Waals surface area contributed by atoms with Crippen LogP contribution in [0.5, 0.6) is 0 Å². The zero-order valence-corrected chi connectivity index (χ0v) is 13.0. The number of benzene rings is 2. The molecule has 24 heavy (non-hydrogen) atoms. The summed E-state index contributed by atoms with van der Waals surface area (Å²) in [6.07, 6.45) is 1.64. The molecule has 2 heterocycles. The molecule has 2 aromatic carbocycles. The van der Waals surface area contributed by atoms with Crippen LogP contribution in [0.1, 0.15) is 5.56 Å². The normalized spacial score (nSPS) is 10.8. The molecule has 0 bridgehead atoms. The molecule has 0 spiro atoms. The first-order chi connectivity index (χ1) is 11.8. The van der Waals surface area contributed by atoms with Gasteiger partial charge in [-0.1, -0.05) is 42.5 Å². The summed E-state index contributed by atoms with van der Waals surface area (Å²) in [5, 5.41) is 1.04. The van der Waals surface area contributed by atoms with Crippen LogP contribution in [0.2, 0.25) is 0 Å². The van der Waals surface area contributed by atoms with Gasteiger partial charge in [0.15, 0.2) is 0 Å². The number of nitrogens with zero attached hydrogens (tertiary/aromatic N) is 1. The summed E-state index contributed by atoms with van der Waals surface area (Å²) in [7, 11) is 0. The van der Waals surface area contributed by atoms with E-state index in [2.05, 4.69) is 4.98 Å². The molecule has 0 amide bonds. The third-order valence-corrected chi connectivity index (χ3v) is 3.97. The van der Waals surface area contributed by atoms with E-state index in [1.54, 1.807) is 6.20 Å². The molecule has 118 valence electrons. The number of hydrogen-bond donors (Lipinski definition) is 1. The van der Waals surface area contributed by atoms with E-state index in [4.69, 9.17) is 4.42 Å². The highest BCUT2D eigenvalue weighted by atomic mass is 16.4. The van der Waals surface area contributed by atoms with Crippen molar-refractivity contribution in [1.82, 2.24) is 4.98 Å². The van der Waals surface area contributed by atoms with Crippen molar-refractivity contribution in [2.24, 2.45) is 0 Å². The van der Waals surface area contributed by atoms with Gasteiger partial charge in [0, 0.05) is 28.9 Å². The zero-order chi connectivity index (χ0) is 16.4. The van der Waals surface area contributed by atoms with Crippen molar-refractivity contribution in [3.8, 4) is 0 Å². The minimum atomic E-state index is -0.0884. The summed E-state index contributed by atoms with van der Waals surface area (Å²) in [4.78, 5) is 16.8. The number of H-pyrrole nitrogens is 1. The Hall–Kier alpha value is -3.27. The molecule has 0 aliphatic carbocycles.